The highest BCUT2D eigenvalue weighted by Crippen LogP contribution is 2.51. The van der Waals surface area contributed by atoms with Crippen molar-refractivity contribution in [3.8, 4) is 17.6 Å². The predicted octanol–water partition coefficient (Wildman–Crippen LogP) is 7.37. The summed E-state index contributed by atoms with van der Waals surface area (Å²) in [7, 11) is 1.51. The molecule has 55 heavy (non-hydrogen) atoms. The van der Waals surface area contributed by atoms with E-state index in [1.807, 2.05) is 78.9 Å². The second kappa shape index (κ2) is 18.8. The number of nitrogens with zero attached hydrogens (tertiary/aromatic N) is 3. The summed E-state index contributed by atoms with van der Waals surface area (Å²) in [6.45, 7) is 14.3. The first kappa shape index (κ1) is 41.6. The van der Waals surface area contributed by atoms with Crippen molar-refractivity contribution in [3.63, 3.8) is 0 Å². The Morgan fingerprint density at radius 3 is 2.04 bits per heavy atom. The van der Waals surface area contributed by atoms with Crippen LogP contribution >= 0.6 is 8.53 Å². The lowest BCUT2D eigenvalue weighted by molar-refractivity contribution is -0.124. The minimum Gasteiger partial charge on any atom is -0.497 e. The van der Waals surface area contributed by atoms with E-state index in [1.54, 1.807) is 27.2 Å². The SMILES string of the molecule is C=CC(OC(c1ccccc1)(c1ccc(OC)cc1)c1ccc(OC)cc1)C1OC(n2cc(C)c(=O)[nH]c2=O)CC1OP(OCCC#N)N(C(C)C)C(C)C. The Morgan fingerprint density at radius 2 is 1.53 bits per heavy atom. The number of nitriles is 1. The summed E-state index contributed by atoms with van der Waals surface area (Å²) >= 11 is 0. The summed E-state index contributed by atoms with van der Waals surface area (Å²) in [4.78, 5) is 28.0. The van der Waals surface area contributed by atoms with Gasteiger partial charge < -0.3 is 28.0 Å². The van der Waals surface area contributed by atoms with Gasteiger partial charge in [0, 0.05) is 30.3 Å². The molecule has 5 atom stereocenters. The molecule has 1 aliphatic heterocycles. The van der Waals surface area contributed by atoms with Crippen LogP contribution in [-0.2, 0) is 24.1 Å². The van der Waals surface area contributed by atoms with Gasteiger partial charge in [0.1, 0.15) is 35.5 Å². The number of benzene rings is 3. The van der Waals surface area contributed by atoms with Crippen LogP contribution in [0.1, 0.15) is 69.0 Å². The molecule has 0 aliphatic carbocycles. The average molecular weight is 771 g/mol. The minimum absolute atomic E-state index is 0.0385. The molecule has 0 bridgehead atoms. The maximum absolute atomic E-state index is 13.3. The van der Waals surface area contributed by atoms with Crippen molar-refractivity contribution in [2.45, 2.75) is 89.7 Å². The Morgan fingerprint density at radius 1 is 0.964 bits per heavy atom. The van der Waals surface area contributed by atoms with Crippen LogP contribution in [0, 0.1) is 18.3 Å². The molecule has 0 spiro atoms. The van der Waals surface area contributed by atoms with E-state index in [9.17, 15) is 14.9 Å². The monoisotopic (exact) mass is 770 g/mol. The molecule has 5 rings (SSSR count). The van der Waals surface area contributed by atoms with Crippen molar-refractivity contribution >= 4 is 8.53 Å². The van der Waals surface area contributed by atoms with Crippen molar-refractivity contribution in [1.82, 2.24) is 14.2 Å². The highest BCUT2D eigenvalue weighted by molar-refractivity contribution is 7.44. The predicted molar refractivity (Wildman–Crippen MR) is 212 cm³/mol. The molecule has 4 aromatic rings. The Kier molecular flexibility index (Phi) is 14.2. The molecule has 1 fully saturated rings. The number of hydrogen-bond acceptors (Lipinski definition) is 10. The van der Waals surface area contributed by atoms with Crippen LogP contribution in [0.4, 0.5) is 0 Å². The van der Waals surface area contributed by atoms with Gasteiger partial charge >= 0.3 is 5.69 Å². The molecule has 1 N–H and O–H groups in total. The van der Waals surface area contributed by atoms with Crippen molar-refractivity contribution < 1.29 is 28.0 Å². The zero-order chi connectivity index (χ0) is 39.7. The normalized spacial score (nSPS) is 18.3. The molecule has 13 heteroatoms. The molecule has 1 aliphatic rings. The molecule has 1 aromatic heterocycles. The van der Waals surface area contributed by atoms with Crippen LogP contribution in [0.5, 0.6) is 11.5 Å². The lowest BCUT2D eigenvalue weighted by Crippen LogP contribution is -2.44. The fourth-order valence-corrected chi connectivity index (χ4v) is 8.66. The van der Waals surface area contributed by atoms with Crippen molar-refractivity contribution in [2.24, 2.45) is 0 Å². The van der Waals surface area contributed by atoms with Gasteiger partial charge in [-0.1, -0.05) is 60.7 Å². The number of rotatable bonds is 18. The van der Waals surface area contributed by atoms with E-state index in [-0.39, 0.29) is 31.5 Å². The molecule has 0 radical (unpaired) electrons. The van der Waals surface area contributed by atoms with E-state index < -0.39 is 49.9 Å². The summed E-state index contributed by atoms with van der Waals surface area (Å²) in [5.41, 5.74) is 0.505. The van der Waals surface area contributed by atoms with Gasteiger partial charge in [0.05, 0.1) is 39.4 Å². The Hall–Kier alpha value is -4.60. The first-order valence-corrected chi connectivity index (χ1v) is 19.5. The standard InChI is InChI=1S/C42H51N4O8P/c1-9-36(53-42(31-14-11-10-12-15-31,32-16-20-34(49-7)21-17-32)33-18-22-35(50-8)23-19-33)39-37(26-38(52-39)45-27-30(6)40(47)44-41(45)48)54-55(51-25-13-24-43)46(28(2)3)29(4)5/h9-12,14-23,27-29,36-39H,1,13,25-26H2,2-8H3,(H,44,47,48). The largest absolute Gasteiger partial charge is 0.497 e. The van der Waals surface area contributed by atoms with Gasteiger partial charge in [-0.2, -0.15) is 5.26 Å². The molecule has 12 nitrogen and oxygen atoms in total. The topological polar surface area (TPSA) is 137 Å². The molecule has 0 saturated carbocycles. The molecule has 0 amide bonds. The van der Waals surface area contributed by atoms with Gasteiger partial charge in [0.25, 0.3) is 14.1 Å². The minimum atomic E-state index is -1.73. The Labute approximate surface area is 324 Å². The summed E-state index contributed by atoms with van der Waals surface area (Å²) in [5.74, 6) is 1.37. The summed E-state index contributed by atoms with van der Waals surface area (Å²) in [5, 5.41) is 9.35. The van der Waals surface area contributed by atoms with E-state index in [0.717, 1.165) is 16.7 Å². The van der Waals surface area contributed by atoms with Crippen LogP contribution in [-0.4, -0.2) is 65.4 Å². The molecule has 5 unspecified atom stereocenters. The van der Waals surface area contributed by atoms with Gasteiger partial charge in [-0.15, -0.1) is 6.58 Å². The van der Waals surface area contributed by atoms with E-state index in [0.29, 0.717) is 17.1 Å². The second-order valence-electron chi connectivity index (χ2n) is 13.8. The molecule has 292 valence electrons. The van der Waals surface area contributed by atoms with Gasteiger partial charge in [-0.3, -0.25) is 14.3 Å². The van der Waals surface area contributed by atoms with Crippen molar-refractivity contribution in [3.05, 3.63) is 141 Å². The van der Waals surface area contributed by atoms with E-state index in [1.165, 1.54) is 10.8 Å². The fourth-order valence-electron chi connectivity index (χ4n) is 6.92. The number of aromatic nitrogens is 2. The van der Waals surface area contributed by atoms with E-state index >= 15 is 0 Å². The van der Waals surface area contributed by atoms with Crippen molar-refractivity contribution in [1.29, 1.82) is 5.26 Å². The van der Waals surface area contributed by atoms with Crippen LogP contribution < -0.4 is 20.7 Å². The molecule has 3 aromatic carbocycles. The second-order valence-corrected chi connectivity index (χ2v) is 15.2. The first-order valence-electron chi connectivity index (χ1n) is 18.3. The maximum atomic E-state index is 13.3. The van der Waals surface area contributed by atoms with E-state index in [4.69, 9.17) is 28.0 Å². The van der Waals surface area contributed by atoms with Gasteiger partial charge in [-0.05, 0) is 75.6 Å². The smallest absolute Gasteiger partial charge is 0.330 e. The van der Waals surface area contributed by atoms with Crippen LogP contribution in [0.15, 0.2) is 107 Å². The zero-order valence-electron chi connectivity index (χ0n) is 32.5. The highest BCUT2D eigenvalue weighted by atomic mass is 31.2. The first-order chi connectivity index (χ1) is 26.5. The zero-order valence-corrected chi connectivity index (χ0v) is 33.4. The average Bonchev–Trinajstić information content (AvgIpc) is 3.60. The number of H-pyrrole nitrogens is 1. The number of aromatic amines is 1. The quantitative estimate of drug-likeness (QED) is 0.0473. The Bertz CT molecular complexity index is 1960. The summed E-state index contributed by atoms with van der Waals surface area (Å²) in [6.07, 6.45) is 0.397. The summed E-state index contributed by atoms with van der Waals surface area (Å²) in [6, 6.07) is 27.5. The summed E-state index contributed by atoms with van der Waals surface area (Å²) < 4.78 is 42.1. The number of nitrogens with one attached hydrogen (secondary N) is 1. The third-order valence-electron chi connectivity index (χ3n) is 9.50. The van der Waals surface area contributed by atoms with Crippen LogP contribution in [0.3, 0.4) is 0 Å². The van der Waals surface area contributed by atoms with Crippen molar-refractivity contribution in [2.75, 3.05) is 20.8 Å². The third-order valence-corrected chi connectivity index (χ3v) is 11.7. The number of aryl methyl sites for hydroxylation is 1. The number of hydrogen-bond donors (Lipinski definition) is 1. The number of ether oxygens (including phenoxy) is 4. The Balaban J connectivity index is 1.68. The lowest BCUT2D eigenvalue weighted by atomic mass is 9.79. The van der Waals surface area contributed by atoms with Crippen LogP contribution in [0.2, 0.25) is 0 Å². The molecular formula is C42H51N4O8P. The highest BCUT2D eigenvalue weighted by Gasteiger charge is 2.48. The maximum Gasteiger partial charge on any atom is 0.330 e. The third kappa shape index (κ3) is 9.27. The van der Waals surface area contributed by atoms with Crippen LogP contribution in [0.25, 0.3) is 0 Å². The van der Waals surface area contributed by atoms with Gasteiger partial charge in [0.2, 0.25) is 0 Å². The molecule has 1 saturated heterocycles. The molecule has 2 heterocycles. The fraction of sp³-hybridized carbons (Fsp3) is 0.405. The lowest BCUT2D eigenvalue weighted by Gasteiger charge is -2.41. The number of methoxy groups -OCH3 is 2. The molecular weight excluding hydrogens is 719 g/mol. The van der Waals surface area contributed by atoms with Gasteiger partial charge in [-0.25, -0.2) is 9.46 Å². The van der Waals surface area contributed by atoms with Gasteiger partial charge in [0.15, 0.2) is 0 Å². The van der Waals surface area contributed by atoms with E-state index in [2.05, 4.69) is 50.0 Å².